The molecule has 4 nitrogen and oxygen atoms in total. The minimum Gasteiger partial charge on any atom is -0.507 e. The van der Waals surface area contributed by atoms with Crippen molar-refractivity contribution >= 4 is 30.3 Å². The standard InChI is InChI=1S/C29H35NO3Si/c1-7-30(8-2)29(32)27(21-13-10-9-11-14-21)26(22-17-19-23(33-3)20-18-22)24-15-12-16-25(28(24)31)34(4,5)6/h9-20,31H,7-8H2,1-6H3/b27-26-. The topological polar surface area (TPSA) is 49.8 Å². The van der Waals surface area contributed by atoms with Gasteiger partial charge < -0.3 is 14.7 Å². The Hall–Kier alpha value is -3.31. The molecule has 1 amide bonds. The van der Waals surface area contributed by atoms with Crippen LogP contribution in [0.1, 0.15) is 30.5 Å². The fourth-order valence-electron chi connectivity index (χ4n) is 4.19. The van der Waals surface area contributed by atoms with Crippen LogP contribution in [0.4, 0.5) is 0 Å². The summed E-state index contributed by atoms with van der Waals surface area (Å²) in [6.07, 6.45) is 0. The number of rotatable bonds is 8. The Morgan fingerprint density at radius 3 is 2.00 bits per heavy atom. The zero-order chi connectivity index (χ0) is 24.9. The first kappa shape index (κ1) is 25.3. The first-order valence-corrected chi connectivity index (χ1v) is 15.3. The fraction of sp³-hybridized carbons (Fsp3) is 0.276. The molecule has 34 heavy (non-hydrogen) atoms. The highest BCUT2D eigenvalue weighted by atomic mass is 28.3. The number of para-hydroxylation sites is 1. The Bertz CT molecular complexity index is 1160. The predicted octanol–water partition coefficient (Wildman–Crippen LogP) is 5.77. The molecule has 0 aromatic heterocycles. The Morgan fingerprint density at radius 1 is 0.853 bits per heavy atom. The van der Waals surface area contributed by atoms with E-state index in [1.807, 2.05) is 91.5 Å². The van der Waals surface area contributed by atoms with Crippen molar-refractivity contribution in [2.45, 2.75) is 33.5 Å². The number of phenolic OH excluding ortho intramolecular Hbond substituents is 1. The van der Waals surface area contributed by atoms with Crippen molar-refractivity contribution in [1.29, 1.82) is 0 Å². The monoisotopic (exact) mass is 473 g/mol. The van der Waals surface area contributed by atoms with Gasteiger partial charge >= 0.3 is 0 Å². The highest BCUT2D eigenvalue weighted by Gasteiger charge is 2.28. The van der Waals surface area contributed by atoms with Crippen molar-refractivity contribution in [1.82, 2.24) is 4.90 Å². The van der Waals surface area contributed by atoms with Crippen molar-refractivity contribution in [3.05, 3.63) is 89.5 Å². The van der Waals surface area contributed by atoms with Gasteiger partial charge in [-0.25, -0.2) is 0 Å². The lowest BCUT2D eigenvalue weighted by molar-refractivity contribution is -0.124. The summed E-state index contributed by atoms with van der Waals surface area (Å²) in [4.78, 5) is 15.8. The van der Waals surface area contributed by atoms with Gasteiger partial charge in [-0.2, -0.15) is 0 Å². The third-order valence-electron chi connectivity index (χ3n) is 6.07. The van der Waals surface area contributed by atoms with Gasteiger partial charge in [-0.3, -0.25) is 4.79 Å². The van der Waals surface area contributed by atoms with E-state index in [1.165, 1.54) is 0 Å². The van der Waals surface area contributed by atoms with Gasteiger partial charge in [0.15, 0.2) is 0 Å². The van der Waals surface area contributed by atoms with Crippen LogP contribution < -0.4 is 9.92 Å². The van der Waals surface area contributed by atoms with E-state index >= 15 is 0 Å². The molecule has 1 N–H and O–H groups in total. The molecule has 3 aromatic rings. The Morgan fingerprint density at radius 2 is 1.47 bits per heavy atom. The van der Waals surface area contributed by atoms with Gasteiger partial charge in [-0.15, -0.1) is 0 Å². The quantitative estimate of drug-likeness (QED) is 0.257. The van der Waals surface area contributed by atoms with E-state index in [0.717, 1.165) is 27.6 Å². The highest BCUT2D eigenvalue weighted by Crippen LogP contribution is 2.38. The largest absolute Gasteiger partial charge is 0.507 e. The summed E-state index contributed by atoms with van der Waals surface area (Å²) < 4.78 is 5.37. The molecule has 3 rings (SSSR count). The average Bonchev–Trinajstić information content (AvgIpc) is 2.83. The van der Waals surface area contributed by atoms with Gasteiger partial charge in [0.05, 0.1) is 20.8 Å². The van der Waals surface area contributed by atoms with Crippen molar-refractivity contribution in [2.24, 2.45) is 0 Å². The lowest BCUT2D eigenvalue weighted by Crippen LogP contribution is -2.38. The molecule has 0 radical (unpaired) electrons. The van der Waals surface area contributed by atoms with Crippen LogP contribution in [0.2, 0.25) is 19.6 Å². The number of amides is 1. The number of likely N-dealkylation sites (N-methyl/N-ethyl adjacent to an activating group) is 1. The van der Waals surface area contributed by atoms with E-state index in [4.69, 9.17) is 4.74 Å². The zero-order valence-electron chi connectivity index (χ0n) is 21.1. The summed E-state index contributed by atoms with van der Waals surface area (Å²) in [6, 6.07) is 23.3. The zero-order valence-corrected chi connectivity index (χ0v) is 22.1. The third kappa shape index (κ3) is 5.26. The van der Waals surface area contributed by atoms with E-state index in [-0.39, 0.29) is 11.7 Å². The summed E-state index contributed by atoms with van der Waals surface area (Å²) in [5, 5.41) is 12.5. The maximum absolute atomic E-state index is 14.0. The smallest absolute Gasteiger partial charge is 0.255 e. The molecule has 0 aliphatic carbocycles. The van der Waals surface area contributed by atoms with E-state index in [0.29, 0.717) is 24.2 Å². The molecule has 0 heterocycles. The molecule has 3 aromatic carbocycles. The van der Waals surface area contributed by atoms with Crippen LogP contribution >= 0.6 is 0 Å². The number of aromatic hydroxyl groups is 1. The molecule has 0 fully saturated rings. The van der Waals surface area contributed by atoms with Gasteiger partial charge in [0.25, 0.3) is 5.91 Å². The summed E-state index contributed by atoms with van der Waals surface area (Å²) in [6.45, 7) is 11.8. The second-order valence-corrected chi connectivity index (χ2v) is 14.3. The lowest BCUT2D eigenvalue weighted by atomic mass is 9.88. The molecular formula is C29H35NO3Si. The number of phenols is 1. The van der Waals surface area contributed by atoms with Crippen LogP contribution in [-0.2, 0) is 4.79 Å². The second kappa shape index (κ2) is 10.7. The van der Waals surface area contributed by atoms with Crippen molar-refractivity contribution in [3.8, 4) is 11.5 Å². The molecule has 0 unspecified atom stereocenters. The van der Waals surface area contributed by atoms with Crippen LogP contribution in [0.5, 0.6) is 11.5 Å². The molecule has 0 spiro atoms. The molecule has 5 heteroatoms. The van der Waals surface area contributed by atoms with Crippen LogP contribution in [-0.4, -0.2) is 44.2 Å². The number of methoxy groups -OCH3 is 1. The Kier molecular flexibility index (Phi) is 8.00. The molecule has 0 bridgehead atoms. The number of benzene rings is 3. The lowest BCUT2D eigenvalue weighted by Gasteiger charge is -2.26. The van der Waals surface area contributed by atoms with Crippen molar-refractivity contribution in [3.63, 3.8) is 0 Å². The highest BCUT2D eigenvalue weighted by molar-refractivity contribution is 6.89. The minimum atomic E-state index is -1.84. The number of hydrogen-bond donors (Lipinski definition) is 1. The normalized spacial score (nSPS) is 12.2. The minimum absolute atomic E-state index is 0.0557. The first-order valence-electron chi connectivity index (χ1n) is 11.8. The number of nitrogens with zero attached hydrogens (tertiary/aromatic N) is 1. The van der Waals surface area contributed by atoms with E-state index in [9.17, 15) is 9.90 Å². The average molecular weight is 474 g/mol. The molecule has 0 saturated heterocycles. The fourth-order valence-corrected chi connectivity index (χ4v) is 5.63. The van der Waals surface area contributed by atoms with Gasteiger partial charge in [0, 0.05) is 24.2 Å². The SMILES string of the molecule is CCN(CC)C(=O)/C(=C(/c1ccc(OC)cc1)c1cccc([Si](C)(C)C)c1O)c1ccccc1. The molecule has 0 atom stereocenters. The van der Waals surface area contributed by atoms with Crippen molar-refractivity contribution in [2.75, 3.05) is 20.2 Å². The van der Waals surface area contributed by atoms with Crippen LogP contribution in [0.15, 0.2) is 72.8 Å². The Balaban J connectivity index is 2.46. The molecule has 0 aliphatic rings. The molecule has 0 aliphatic heterocycles. The van der Waals surface area contributed by atoms with Gasteiger partial charge in [0.2, 0.25) is 0 Å². The maximum atomic E-state index is 14.0. The van der Waals surface area contributed by atoms with Gasteiger partial charge in [-0.1, -0.05) is 80.3 Å². The number of ether oxygens (including phenoxy) is 1. The maximum Gasteiger partial charge on any atom is 0.255 e. The predicted molar refractivity (Wildman–Crippen MR) is 144 cm³/mol. The molecule has 178 valence electrons. The van der Waals surface area contributed by atoms with Gasteiger partial charge in [-0.05, 0) is 42.3 Å². The number of carbonyl (C=O) groups excluding carboxylic acids is 1. The summed E-state index contributed by atoms with van der Waals surface area (Å²) >= 11 is 0. The molecular weight excluding hydrogens is 438 g/mol. The van der Waals surface area contributed by atoms with E-state index in [1.54, 1.807) is 7.11 Å². The third-order valence-corrected chi connectivity index (χ3v) is 8.09. The van der Waals surface area contributed by atoms with Crippen LogP contribution in [0.3, 0.4) is 0 Å². The summed E-state index contributed by atoms with van der Waals surface area (Å²) in [5.74, 6) is 0.938. The van der Waals surface area contributed by atoms with Crippen LogP contribution in [0.25, 0.3) is 11.1 Å². The van der Waals surface area contributed by atoms with Crippen LogP contribution in [0, 0.1) is 0 Å². The Labute approximate surface area is 204 Å². The number of hydrogen-bond acceptors (Lipinski definition) is 3. The van der Waals surface area contributed by atoms with E-state index < -0.39 is 8.07 Å². The molecule has 0 saturated carbocycles. The summed E-state index contributed by atoms with van der Waals surface area (Å²) in [7, 11) is -0.202. The van der Waals surface area contributed by atoms with E-state index in [2.05, 4.69) is 19.6 Å². The first-order chi connectivity index (χ1) is 16.2. The van der Waals surface area contributed by atoms with Gasteiger partial charge in [0.1, 0.15) is 11.5 Å². The second-order valence-electron chi connectivity index (χ2n) is 9.27. The van der Waals surface area contributed by atoms with Crippen molar-refractivity contribution < 1.29 is 14.6 Å². The summed E-state index contributed by atoms with van der Waals surface area (Å²) in [5.41, 5.74) is 3.65. The number of carbonyl (C=O) groups is 1.